The summed E-state index contributed by atoms with van der Waals surface area (Å²) in [6.07, 6.45) is 0.869. The third kappa shape index (κ3) is 2.63. The van der Waals surface area contributed by atoms with Gasteiger partial charge in [0.05, 0.1) is 18.9 Å². The highest BCUT2D eigenvalue weighted by atomic mass is 35.5. The van der Waals surface area contributed by atoms with Gasteiger partial charge in [0.15, 0.2) is 0 Å². The SMILES string of the molecule is COc1ccc(C2=NN[C@H](c3ccc(Cl)cc3)C2)cc1. The molecule has 1 heterocycles. The van der Waals surface area contributed by atoms with Crippen LogP contribution in [0.15, 0.2) is 53.6 Å². The maximum Gasteiger partial charge on any atom is 0.118 e. The summed E-state index contributed by atoms with van der Waals surface area (Å²) in [5, 5.41) is 5.19. The van der Waals surface area contributed by atoms with Gasteiger partial charge in [0.25, 0.3) is 0 Å². The third-order valence-electron chi connectivity index (χ3n) is 3.45. The van der Waals surface area contributed by atoms with Crippen molar-refractivity contribution in [1.29, 1.82) is 0 Å². The van der Waals surface area contributed by atoms with Crippen LogP contribution in [0.25, 0.3) is 0 Å². The Morgan fingerprint density at radius 1 is 1.10 bits per heavy atom. The van der Waals surface area contributed by atoms with Crippen molar-refractivity contribution in [3.63, 3.8) is 0 Å². The molecule has 3 rings (SSSR count). The number of rotatable bonds is 3. The van der Waals surface area contributed by atoms with Gasteiger partial charge in [-0.15, -0.1) is 0 Å². The number of hydrogen-bond acceptors (Lipinski definition) is 3. The highest BCUT2D eigenvalue weighted by Gasteiger charge is 2.20. The highest BCUT2D eigenvalue weighted by Crippen LogP contribution is 2.26. The van der Waals surface area contributed by atoms with Crippen LogP contribution < -0.4 is 10.2 Å². The molecule has 0 radical (unpaired) electrons. The van der Waals surface area contributed by atoms with E-state index in [1.54, 1.807) is 7.11 Å². The van der Waals surface area contributed by atoms with E-state index in [1.807, 2.05) is 48.5 Å². The topological polar surface area (TPSA) is 33.6 Å². The number of methoxy groups -OCH3 is 1. The molecule has 0 saturated heterocycles. The number of nitrogens with zero attached hydrogens (tertiary/aromatic N) is 1. The Hall–Kier alpha value is -2.00. The van der Waals surface area contributed by atoms with Crippen LogP contribution >= 0.6 is 11.6 Å². The molecule has 0 spiro atoms. The van der Waals surface area contributed by atoms with E-state index in [1.165, 1.54) is 5.56 Å². The molecule has 0 amide bonds. The number of ether oxygens (including phenoxy) is 1. The van der Waals surface area contributed by atoms with Crippen LogP contribution in [0.5, 0.6) is 5.75 Å². The summed E-state index contributed by atoms with van der Waals surface area (Å²) >= 11 is 5.91. The second kappa shape index (κ2) is 5.55. The number of nitrogens with one attached hydrogen (secondary N) is 1. The van der Waals surface area contributed by atoms with E-state index in [0.29, 0.717) is 0 Å². The number of hydrazone groups is 1. The normalized spacial score (nSPS) is 17.5. The molecule has 4 heteroatoms. The molecule has 0 aliphatic carbocycles. The molecule has 1 aliphatic rings. The molecule has 1 atom stereocenters. The fourth-order valence-electron chi connectivity index (χ4n) is 2.29. The van der Waals surface area contributed by atoms with Crippen LogP contribution in [0.2, 0.25) is 5.02 Å². The molecule has 0 bridgehead atoms. The summed E-state index contributed by atoms with van der Waals surface area (Å²) in [5.74, 6) is 0.856. The summed E-state index contributed by atoms with van der Waals surface area (Å²) in [4.78, 5) is 0. The first kappa shape index (κ1) is 13.0. The van der Waals surface area contributed by atoms with Crippen molar-refractivity contribution in [1.82, 2.24) is 5.43 Å². The molecule has 1 aliphatic heterocycles. The lowest BCUT2D eigenvalue weighted by Gasteiger charge is -2.10. The van der Waals surface area contributed by atoms with E-state index >= 15 is 0 Å². The van der Waals surface area contributed by atoms with E-state index < -0.39 is 0 Å². The van der Waals surface area contributed by atoms with Crippen LogP contribution in [-0.4, -0.2) is 12.8 Å². The Kier molecular flexibility index (Phi) is 3.61. The Morgan fingerprint density at radius 2 is 1.80 bits per heavy atom. The van der Waals surface area contributed by atoms with Crippen LogP contribution in [0.4, 0.5) is 0 Å². The first-order valence-corrected chi connectivity index (χ1v) is 6.86. The van der Waals surface area contributed by atoms with E-state index in [2.05, 4.69) is 10.5 Å². The van der Waals surface area contributed by atoms with Gasteiger partial charge >= 0.3 is 0 Å². The van der Waals surface area contributed by atoms with E-state index in [9.17, 15) is 0 Å². The zero-order valence-electron chi connectivity index (χ0n) is 11.1. The van der Waals surface area contributed by atoms with Gasteiger partial charge in [-0.25, -0.2) is 0 Å². The Balaban J connectivity index is 1.73. The first-order valence-electron chi connectivity index (χ1n) is 6.48. The third-order valence-corrected chi connectivity index (χ3v) is 3.70. The van der Waals surface area contributed by atoms with Gasteiger partial charge < -0.3 is 10.2 Å². The Morgan fingerprint density at radius 3 is 2.45 bits per heavy atom. The van der Waals surface area contributed by atoms with Crippen LogP contribution in [0.3, 0.4) is 0 Å². The van der Waals surface area contributed by atoms with Gasteiger partial charge in [-0.2, -0.15) is 5.10 Å². The van der Waals surface area contributed by atoms with Crippen molar-refractivity contribution >= 4 is 17.3 Å². The molecular formula is C16H15ClN2O. The largest absolute Gasteiger partial charge is 0.497 e. The fraction of sp³-hybridized carbons (Fsp3) is 0.188. The molecular weight excluding hydrogens is 272 g/mol. The minimum absolute atomic E-state index is 0.212. The van der Waals surface area contributed by atoms with Crippen molar-refractivity contribution in [2.75, 3.05) is 7.11 Å². The molecule has 0 aromatic heterocycles. The van der Waals surface area contributed by atoms with E-state index in [0.717, 1.165) is 28.5 Å². The second-order valence-electron chi connectivity index (χ2n) is 4.72. The van der Waals surface area contributed by atoms with Gasteiger partial charge in [0, 0.05) is 11.4 Å². The number of benzene rings is 2. The van der Waals surface area contributed by atoms with Crippen LogP contribution in [0, 0.1) is 0 Å². The number of hydrogen-bond donors (Lipinski definition) is 1. The van der Waals surface area contributed by atoms with Gasteiger partial charge in [-0.1, -0.05) is 23.7 Å². The average Bonchev–Trinajstić information content (AvgIpc) is 2.98. The minimum Gasteiger partial charge on any atom is -0.497 e. The number of halogens is 1. The zero-order chi connectivity index (χ0) is 13.9. The molecule has 0 fully saturated rings. The Labute approximate surface area is 123 Å². The van der Waals surface area contributed by atoms with Crippen molar-refractivity contribution in [2.24, 2.45) is 5.10 Å². The predicted molar refractivity (Wildman–Crippen MR) is 81.5 cm³/mol. The lowest BCUT2D eigenvalue weighted by atomic mass is 9.99. The molecule has 1 N–H and O–H groups in total. The predicted octanol–water partition coefficient (Wildman–Crippen LogP) is 3.79. The molecule has 2 aromatic carbocycles. The van der Waals surface area contributed by atoms with Crippen molar-refractivity contribution < 1.29 is 4.74 Å². The maximum atomic E-state index is 5.91. The van der Waals surface area contributed by atoms with Gasteiger partial charge in [0.2, 0.25) is 0 Å². The van der Waals surface area contributed by atoms with Crippen LogP contribution in [0.1, 0.15) is 23.6 Å². The zero-order valence-corrected chi connectivity index (χ0v) is 11.9. The molecule has 20 heavy (non-hydrogen) atoms. The second-order valence-corrected chi connectivity index (χ2v) is 5.16. The first-order chi connectivity index (χ1) is 9.76. The van der Waals surface area contributed by atoms with E-state index in [4.69, 9.17) is 16.3 Å². The fourth-order valence-corrected chi connectivity index (χ4v) is 2.42. The smallest absolute Gasteiger partial charge is 0.118 e. The van der Waals surface area contributed by atoms with Gasteiger partial charge in [-0.05, 0) is 47.5 Å². The maximum absolute atomic E-state index is 5.91. The monoisotopic (exact) mass is 286 g/mol. The minimum atomic E-state index is 0.212. The summed E-state index contributed by atoms with van der Waals surface area (Å²) in [6, 6.07) is 16.1. The van der Waals surface area contributed by atoms with Crippen molar-refractivity contribution in [3.05, 3.63) is 64.7 Å². The lowest BCUT2D eigenvalue weighted by molar-refractivity contribution is 0.415. The van der Waals surface area contributed by atoms with Crippen molar-refractivity contribution in [3.8, 4) is 5.75 Å². The quantitative estimate of drug-likeness (QED) is 0.931. The van der Waals surface area contributed by atoms with Gasteiger partial charge in [-0.3, -0.25) is 0 Å². The summed E-state index contributed by atoms with van der Waals surface area (Å²) in [6.45, 7) is 0. The lowest BCUT2D eigenvalue weighted by Crippen LogP contribution is -2.09. The van der Waals surface area contributed by atoms with Crippen LogP contribution in [-0.2, 0) is 0 Å². The highest BCUT2D eigenvalue weighted by molar-refractivity contribution is 6.30. The average molecular weight is 287 g/mol. The summed E-state index contributed by atoms with van der Waals surface area (Å²) in [7, 11) is 1.67. The molecule has 2 aromatic rings. The standard InChI is InChI=1S/C16H15ClN2O/c1-20-14-8-4-12(5-9-14)16-10-15(18-19-16)11-2-6-13(17)7-3-11/h2-9,15,18H,10H2,1H3/t15-/m0/s1. The molecule has 3 nitrogen and oxygen atoms in total. The van der Waals surface area contributed by atoms with Gasteiger partial charge in [0.1, 0.15) is 5.75 Å². The van der Waals surface area contributed by atoms with Crippen molar-refractivity contribution in [2.45, 2.75) is 12.5 Å². The molecule has 102 valence electrons. The molecule has 0 saturated carbocycles. The summed E-state index contributed by atoms with van der Waals surface area (Å²) < 4.78 is 5.17. The summed E-state index contributed by atoms with van der Waals surface area (Å²) in [5.41, 5.74) is 6.56. The molecule has 0 unspecified atom stereocenters. The van der Waals surface area contributed by atoms with E-state index in [-0.39, 0.29) is 6.04 Å². The Bertz CT molecular complexity index is 620.